The van der Waals surface area contributed by atoms with Crippen LogP contribution < -0.4 is 11.5 Å². The summed E-state index contributed by atoms with van der Waals surface area (Å²) in [5, 5.41) is 7.84. The fourth-order valence-corrected chi connectivity index (χ4v) is 1.80. The van der Waals surface area contributed by atoms with Gasteiger partial charge in [0.1, 0.15) is 5.76 Å². The number of hydrogen-bond acceptors (Lipinski definition) is 5. The Labute approximate surface area is 138 Å². The Morgan fingerprint density at radius 3 is 2.48 bits per heavy atom. The van der Waals surface area contributed by atoms with Crippen molar-refractivity contribution in [2.75, 3.05) is 12.3 Å². The van der Waals surface area contributed by atoms with Crippen LogP contribution in [0.25, 0.3) is 0 Å². The molecule has 0 aliphatic carbocycles. The van der Waals surface area contributed by atoms with E-state index in [9.17, 15) is 0 Å². The molecule has 0 radical (unpaired) electrons. The average Bonchev–Trinajstić information content (AvgIpc) is 2.50. The molecule has 1 rings (SSSR count). The van der Waals surface area contributed by atoms with E-state index in [2.05, 4.69) is 18.5 Å². The lowest BCUT2D eigenvalue weighted by Crippen LogP contribution is -2.11. The fraction of sp³-hybridized carbons (Fsp3) is 0.333. The van der Waals surface area contributed by atoms with Crippen molar-refractivity contribution >= 4 is 22.8 Å². The van der Waals surface area contributed by atoms with Crippen molar-refractivity contribution in [1.29, 1.82) is 5.41 Å². The summed E-state index contributed by atoms with van der Waals surface area (Å²) in [6.45, 7) is 8.12. The summed E-state index contributed by atoms with van der Waals surface area (Å²) < 4.78 is 5.68. The van der Waals surface area contributed by atoms with Gasteiger partial charge in [-0.2, -0.15) is 0 Å². The van der Waals surface area contributed by atoms with E-state index in [0.717, 1.165) is 19.3 Å². The van der Waals surface area contributed by atoms with Crippen LogP contribution in [0, 0.1) is 5.41 Å². The van der Waals surface area contributed by atoms with Crippen LogP contribution in [0.5, 0.6) is 0 Å². The Morgan fingerprint density at radius 2 is 1.96 bits per heavy atom. The minimum Gasteiger partial charge on any atom is -0.492 e. The van der Waals surface area contributed by atoms with Crippen LogP contribution in [0.4, 0.5) is 11.4 Å². The van der Waals surface area contributed by atoms with Gasteiger partial charge in [0.2, 0.25) is 0 Å². The Bertz CT molecular complexity index is 600. The van der Waals surface area contributed by atoms with Crippen molar-refractivity contribution in [3.63, 3.8) is 0 Å². The van der Waals surface area contributed by atoms with Gasteiger partial charge in [-0.15, -0.1) is 0 Å². The van der Waals surface area contributed by atoms with Crippen molar-refractivity contribution in [3.8, 4) is 0 Å². The molecular formula is C18H26N4O. The number of hydrogen-bond donors (Lipinski definition) is 3. The lowest BCUT2D eigenvalue weighted by Gasteiger charge is -2.10. The van der Waals surface area contributed by atoms with Gasteiger partial charge in [0.05, 0.1) is 29.4 Å². The number of nitrogens with two attached hydrogens (primary N) is 2. The number of aliphatic imine (C=N–C) groups is 1. The van der Waals surface area contributed by atoms with E-state index in [4.69, 9.17) is 21.6 Å². The summed E-state index contributed by atoms with van der Waals surface area (Å²) in [5.41, 5.74) is 14.0. The van der Waals surface area contributed by atoms with E-state index in [-0.39, 0.29) is 0 Å². The minimum atomic E-state index is 0.317. The van der Waals surface area contributed by atoms with E-state index < -0.39 is 0 Å². The molecule has 1 aromatic carbocycles. The normalized spacial score (nSPS) is 12.1. The van der Waals surface area contributed by atoms with Crippen LogP contribution in [-0.4, -0.2) is 18.0 Å². The lowest BCUT2D eigenvalue weighted by atomic mass is 10.2. The Kier molecular flexibility index (Phi) is 7.60. The molecule has 0 saturated heterocycles. The van der Waals surface area contributed by atoms with Gasteiger partial charge in [0.15, 0.2) is 0 Å². The highest BCUT2D eigenvalue weighted by Crippen LogP contribution is 2.16. The zero-order valence-electron chi connectivity index (χ0n) is 13.9. The van der Waals surface area contributed by atoms with Crippen LogP contribution in [-0.2, 0) is 4.74 Å². The largest absolute Gasteiger partial charge is 0.492 e. The van der Waals surface area contributed by atoms with E-state index in [1.54, 1.807) is 37.3 Å². The van der Waals surface area contributed by atoms with Gasteiger partial charge in [0, 0.05) is 11.8 Å². The van der Waals surface area contributed by atoms with E-state index >= 15 is 0 Å². The van der Waals surface area contributed by atoms with Gasteiger partial charge in [-0.3, -0.25) is 0 Å². The summed E-state index contributed by atoms with van der Waals surface area (Å²) in [7, 11) is 0. The predicted molar refractivity (Wildman–Crippen MR) is 98.2 cm³/mol. The maximum Gasteiger partial charge on any atom is 0.141 e. The zero-order valence-corrected chi connectivity index (χ0v) is 13.9. The SMILES string of the molecule is C=C(N)C(/C=C(/OCCCCC)C(C)=N)=N\c1ccc(N)cc1. The van der Waals surface area contributed by atoms with Gasteiger partial charge < -0.3 is 21.6 Å². The number of nitrogens with zero attached hydrogens (tertiary/aromatic N) is 1. The van der Waals surface area contributed by atoms with E-state index in [1.165, 1.54) is 0 Å². The summed E-state index contributed by atoms with van der Waals surface area (Å²) in [5.74, 6) is 0.460. The highest BCUT2D eigenvalue weighted by atomic mass is 16.5. The zero-order chi connectivity index (χ0) is 17.2. The number of rotatable bonds is 9. The van der Waals surface area contributed by atoms with Crippen molar-refractivity contribution < 1.29 is 4.74 Å². The van der Waals surface area contributed by atoms with Crippen LogP contribution in [0.1, 0.15) is 33.1 Å². The molecule has 0 heterocycles. The number of ether oxygens (including phenoxy) is 1. The minimum absolute atomic E-state index is 0.317. The second kappa shape index (κ2) is 9.46. The second-order valence-corrected chi connectivity index (χ2v) is 5.30. The molecule has 0 spiro atoms. The fourth-order valence-electron chi connectivity index (χ4n) is 1.80. The Hall–Kier alpha value is -2.56. The summed E-state index contributed by atoms with van der Waals surface area (Å²) >= 11 is 0. The standard InChI is InChI=1S/C18H26N4O/c1-4-5-6-11-23-18(14(3)20)12-17(13(2)19)22-16-9-7-15(21)8-10-16/h7-10,12,20H,2,4-6,11,19,21H2,1,3H3/b18-12+,20-14?,22-17-. The van der Waals surface area contributed by atoms with Crippen LogP contribution >= 0.6 is 0 Å². The second-order valence-electron chi connectivity index (χ2n) is 5.30. The Morgan fingerprint density at radius 1 is 1.30 bits per heavy atom. The highest BCUT2D eigenvalue weighted by molar-refractivity contribution is 6.12. The van der Waals surface area contributed by atoms with Gasteiger partial charge in [0.25, 0.3) is 0 Å². The first kappa shape index (κ1) is 18.5. The first-order valence-electron chi connectivity index (χ1n) is 7.73. The molecule has 5 heteroatoms. The first-order valence-corrected chi connectivity index (χ1v) is 7.73. The summed E-state index contributed by atoms with van der Waals surface area (Å²) in [4.78, 5) is 4.45. The number of unbranched alkanes of at least 4 members (excludes halogenated alkanes) is 2. The molecule has 0 saturated carbocycles. The molecule has 23 heavy (non-hydrogen) atoms. The molecule has 1 aromatic rings. The topological polar surface area (TPSA) is 97.5 Å². The van der Waals surface area contributed by atoms with Gasteiger partial charge in [-0.1, -0.05) is 26.3 Å². The third-order valence-electron chi connectivity index (χ3n) is 3.11. The van der Waals surface area contributed by atoms with Crippen LogP contribution in [0.3, 0.4) is 0 Å². The van der Waals surface area contributed by atoms with Crippen LogP contribution in [0.2, 0.25) is 0 Å². The number of nitrogen functional groups attached to an aromatic ring is 1. The van der Waals surface area contributed by atoms with Crippen molar-refractivity contribution in [2.45, 2.75) is 33.1 Å². The first-order chi connectivity index (χ1) is 10.9. The molecule has 0 fully saturated rings. The molecule has 0 aliphatic heterocycles. The number of allylic oxidation sites excluding steroid dienone is 2. The van der Waals surface area contributed by atoms with Gasteiger partial charge in [-0.25, -0.2) is 4.99 Å². The number of nitrogens with one attached hydrogen (secondary N) is 1. The van der Waals surface area contributed by atoms with Gasteiger partial charge in [-0.05, 0) is 37.6 Å². The van der Waals surface area contributed by atoms with E-state index in [1.807, 2.05) is 0 Å². The molecule has 5 nitrogen and oxygen atoms in total. The quantitative estimate of drug-likeness (QED) is 0.278. The van der Waals surface area contributed by atoms with E-state index in [0.29, 0.717) is 40.9 Å². The van der Waals surface area contributed by atoms with Crippen LogP contribution in [0.15, 0.2) is 53.4 Å². The smallest absolute Gasteiger partial charge is 0.141 e. The van der Waals surface area contributed by atoms with Crippen molar-refractivity contribution in [2.24, 2.45) is 10.7 Å². The number of benzene rings is 1. The van der Waals surface area contributed by atoms with Gasteiger partial charge >= 0.3 is 0 Å². The molecule has 124 valence electrons. The molecule has 0 bridgehead atoms. The summed E-state index contributed by atoms with van der Waals surface area (Å²) in [6, 6.07) is 7.13. The lowest BCUT2D eigenvalue weighted by molar-refractivity contribution is 0.224. The maximum atomic E-state index is 7.84. The molecule has 0 atom stereocenters. The predicted octanol–water partition coefficient (Wildman–Crippen LogP) is 3.94. The molecular weight excluding hydrogens is 288 g/mol. The Balaban J connectivity index is 2.98. The van der Waals surface area contributed by atoms with Crippen molar-refractivity contribution in [1.82, 2.24) is 0 Å². The third-order valence-corrected chi connectivity index (χ3v) is 3.11. The number of anilines is 1. The molecule has 0 aromatic heterocycles. The maximum absolute atomic E-state index is 7.84. The molecule has 0 aliphatic rings. The molecule has 0 amide bonds. The highest BCUT2D eigenvalue weighted by Gasteiger charge is 2.06. The average molecular weight is 314 g/mol. The summed E-state index contributed by atoms with van der Waals surface area (Å²) in [6.07, 6.45) is 4.83. The molecule has 5 N–H and O–H groups in total. The monoisotopic (exact) mass is 314 g/mol. The third kappa shape index (κ3) is 6.82. The van der Waals surface area contributed by atoms with Crippen molar-refractivity contribution in [3.05, 3.63) is 48.4 Å². The molecule has 0 unspecified atom stereocenters.